The molecule has 4 heteroatoms. The van der Waals surface area contributed by atoms with Gasteiger partial charge in [0, 0.05) is 11.3 Å². The Morgan fingerprint density at radius 1 is 1.26 bits per heavy atom. The quantitative estimate of drug-likeness (QED) is 0.778. The minimum atomic E-state index is -0.257. The molecule has 0 aliphatic heterocycles. The highest BCUT2D eigenvalue weighted by molar-refractivity contribution is 7.16. The normalized spacial score (nSPS) is 19.4. The van der Waals surface area contributed by atoms with E-state index < -0.39 is 0 Å². The van der Waals surface area contributed by atoms with Crippen LogP contribution in [-0.2, 0) is 11.2 Å². The van der Waals surface area contributed by atoms with E-state index in [1.165, 1.54) is 24.2 Å². The number of carbonyl (C=O) groups is 1. The highest BCUT2D eigenvalue weighted by atomic mass is 35.5. The van der Waals surface area contributed by atoms with E-state index in [0.29, 0.717) is 12.2 Å². The highest BCUT2D eigenvalue weighted by Crippen LogP contribution is 2.34. The van der Waals surface area contributed by atoms with Gasteiger partial charge >= 0.3 is 0 Å². The molecule has 19 heavy (non-hydrogen) atoms. The molecule has 0 unspecified atom stereocenters. The van der Waals surface area contributed by atoms with E-state index in [1.807, 2.05) is 26.2 Å². The standard InChI is InChI=1S/C15H22ClNOS/c1-17(2)15(9-5-3-4-6-10-15)13(18)11-12-7-8-14(16)19-12/h7-8H,3-6,9-11H2,1-2H3. The summed E-state index contributed by atoms with van der Waals surface area (Å²) in [5, 5.41) is 0. The largest absolute Gasteiger partial charge is 0.297 e. The Kier molecular flexibility index (Phi) is 5.04. The van der Waals surface area contributed by atoms with E-state index >= 15 is 0 Å². The van der Waals surface area contributed by atoms with Crippen LogP contribution in [0.15, 0.2) is 12.1 Å². The summed E-state index contributed by atoms with van der Waals surface area (Å²) in [6, 6.07) is 3.86. The third-order valence-corrected chi connectivity index (χ3v) is 5.50. The summed E-state index contributed by atoms with van der Waals surface area (Å²) in [6.07, 6.45) is 7.36. The second kappa shape index (κ2) is 6.38. The van der Waals surface area contributed by atoms with Gasteiger partial charge in [-0.3, -0.25) is 9.69 Å². The SMILES string of the molecule is CN(C)C1(C(=O)Cc2ccc(Cl)s2)CCCCCC1. The van der Waals surface area contributed by atoms with Crippen LogP contribution in [0.1, 0.15) is 43.4 Å². The van der Waals surface area contributed by atoms with E-state index in [9.17, 15) is 4.79 Å². The Balaban J connectivity index is 2.15. The topological polar surface area (TPSA) is 20.3 Å². The number of rotatable bonds is 4. The lowest BCUT2D eigenvalue weighted by Crippen LogP contribution is -2.51. The second-order valence-electron chi connectivity index (χ2n) is 5.65. The molecule has 0 aromatic carbocycles. The van der Waals surface area contributed by atoms with Crippen molar-refractivity contribution in [2.24, 2.45) is 0 Å². The van der Waals surface area contributed by atoms with E-state index in [4.69, 9.17) is 11.6 Å². The number of hydrogen-bond acceptors (Lipinski definition) is 3. The van der Waals surface area contributed by atoms with Crippen LogP contribution >= 0.6 is 22.9 Å². The maximum absolute atomic E-state index is 12.8. The summed E-state index contributed by atoms with van der Waals surface area (Å²) >= 11 is 7.47. The lowest BCUT2D eigenvalue weighted by atomic mass is 9.83. The number of hydrogen-bond donors (Lipinski definition) is 0. The predicted molar refractivity (Wildman–Crippen MR) is 82.2 cm³/mol. The zero-order valence-corrected chi connectivity index (χ0v) is 13.3. The molecule has 1 aliphatic carbocycles. The molecule has 0 N–H and O–H groups in total. The van der Waals surface area contributed by atoms with Gasteiger partial charge in [-0.1, -0.05) is 37.3 Å². The fraction of sp³-hybridized carbons (Fsp3) is 0.667. The van der Waals surface area contributed by atoms with Crippen LogP contribution in [0.3, 0.4) is 0 Å². The maximum Gasteiger partial charge on any atom is 0.158 e. The fourth-order valence-electron chi connectivity index (χ4n) is 3.06. The number of Topliss-reactive ketones (excluding diaryl/α,β-unsaturated/α-hetero) is 1. The number of nitrogens with zero attached hydrogens (tertiary/aromatic N) is 1. The number of ketones is 1. The molecule has 1 aromatic heterocycles. The molecule has 0 amide bonds. The van der Waals surface area contributed by atoms with Gasteiger partial charge in [0.25, 0.3) is 0 Å². The van der Waals surface area contributed by atoms with Crippen LogP contribution in [0.2, 0.25) is 4.34 Å². The van der Waals surface area contributed by atoms with E-state index in [0.717, 1.165) is 34.9 Å². The third kappa shape index (κ3) is 3.39. The van der Waals surface area contributed by atoms with Crippen molar-refractivity contribution in [1.82, 2.24) is 4.90 Å². The lowest BCUT2D eigenvalue weighted by Gasteiger charge is -2.38. The van der Waals surface area contributed by atoms with Gasteiger partial charge in [-0.25, -0.2) is 0 Å². The first-order valence-corrected chi connectivity index (χ1v) is 8.19. The van der Waals surface area contributed by atoms with Crippen LogP contribution < -0.4 is 0 Å². The zero-order valence-electron chi connectivity index (χ0n) is 11.7. The van der Waals surface area contributed by atoms with Gasteiger partial charge in [0.2, 0.25) is 0 Å². The molecular formula is C15H22ClNOS. The molecule has 0 saturated heterocycles. The first-order chi connectivity index (χ1) is 9.04. The van der Waals surface area contributed by atoms with Crippen molar-refractivity contribution in [3.8, 4) is 0 Å². The van der Waals surface area contributed by atoms with E-state index in [-0.39, 0.29) is 5.54 Å². The Bertz CT molecular complexity index is 433. The summed E-state index contributed by atoms with van der Waals surface area (Å²) in [5.74, 6) is 0.359. The van der Waals surface area contributed by atoms with Gasteiger partial charge in [0.05, 0.1) is 9.88 Å². The molecule has 0 radical (unpaired) electrons. The third-order valence-electron chi connectivity index (χ3n) is 4.27. The first kappa shape index (κ1) is 15.0. The molecule has 2 nitrogen and oxygen atoms in total. The number of halogens is 1. The van der Waals surface area contributed by atoms with Crippen LogP contribution in [-0.4, -0.2) is 30.3 Å². The summed E-state index contributed by atoms with van der Waals surface area (Å²) in [4.78, 5) is 16.0. The van der Waals surface area contributed by atoms with Gasteiger partial charge in [0.15, 0.2) is 5.78 Å². The van der Waals surface area contributed by atoms with E-state index in [1.54, 1.807) is 0 Å². The van der Waals surface area contributed by atoms with Crippen LogP contribution in [0, 0.1) is 0 Å². The predicted octanol–water partition coefficient (Wildman–Crippen LogP) is 4.17. The van der Waals surface area contributed by atoms with Gasteiger partial charge in [-0.05, 0) is 39.1 Å². The van der Waals surface area contributed by atoms with Crippen molar-refractivity contribution in [3.05, 3.63) is 21.3 Å². The number of carbonyl (C=O) groups excluding carboxylic acids is 1. The molecule has 0 atom stereocenters. The second-order valence-corrected chi connectivity index (χ2v) is 7.45. The fourth-order valence-corrected chi connectivity index (χ4v) is 4.14. The molecule has 1 aromatic rings. The lowest BCUT2D eigenvalue weighted by molar-refractivity contribution is -0.130. The molecule has 1 saturated carbocycles. The van der Waals surface area contributed by atoms with Crippen molar-refractivity contribution >= 4 is 28.7 Å². The molecule has 1 aliphatic rings. The summed E-state index contributed by atoms with van der Waals surface area (Å²) in [6.45, 7) is 0. The molecule has 2 rings (SSSR count). The van der Waals surface area contributed by atoms with Gasteiger partial charge in [-0.2, -0.15) is 0 Å². The van der Waals surface area contributed by atoms with Crippen LogP contribution in [0.4, 0.5) is 0 Å². The minimum absolute atomic E-state index is 0.257. The average molecular weight is 300 g/mol. The monoisotopic (exact) mass is 299 g/mol. The molecule has 0 bridgehead atoms. The van der Waals surface area contributed by atoms with Gasteiger partial charge in [-0.15, -0.1) is 11.3 Å². The Morgan fingerprint density at radius 3 is 2.37 bits per heavy atom. The van der Waals surface area contributed by atoms with Crippen molar-refractivity contribution in [2.75, 3.05) is 14.1 Å². The molecule has 1 fully saturated rings. The Labute approximate surface area is 124 Å². The van der Waals surface area contributed by atoms with Crippen LogP contribution in [0.25, 0.3) is 0 Å². The molecule has 0 spiro atoms. The van der Waals surface area contributed by atoms with Crippen molar-refractivity contribution < 1.29 is 4.79 Å². The zero-order chi connectivity index (χ0) is 13.9. The van der Waals surface area contributed by atoms with Crippen molar-refractivity contribution in [3.63, 3.8) is 0 Å². The molecule has 1 heterocycles. The van der Waals surface area contributed by atoms with Crippen molar-refractivity contribution in [2.45, 2.75) is 50.5 Å². The smallest absolute Gasteiger partial charge is 0.158 e. The Hall–Kier alpha value is -0.380. The van der Waals surface area contributed by atoms with Gasteiger partial charge < -0.3 is 0 Å². The summed E-state index contributed by atoms with van der Waals surface area (Å²) < 4.78 is 0.766. The highest BCUT2D eigenvalue weighted by Gasteiger charge is 2.39. The summed E-state index contributed by atoms with van der Waals surface area (Å²) in [7, 11) is 4.09. The van der Waals surface area contributed by atoms with Crippen LogP contribution in [0.5, 0.6) is 0 Å². The summed E-state index contributed by atoms with van der Waals surface area (Å²) in [5.41, 5.74) is -0.257. The minimum Gasteiger partial charge on any atom is -0.297 e. The molecule has 106 valence electrons. The van der Waals surface area contributed by atoms with Gasteiger partial charge in [0.1, 0.15) is 0 Å². The number of thiophene rings is 1. The van der Waals surface area contributed by atoms with E-state index in [2.05, 4.69) is 4.90 Å². The van der Waals surface area contributed by atoms with Crippen molar-refractivity contribution in [1.29, 1.82) is 0 Å². The maximum atomic E-state index is 12.8. The molecular weight excluding hydrogens is 278 g/mol. The first-order valence-electron chi connectivity index (χ1n) is 6.99. The number of likely N-dealkylation sites (N-methyl/N-ethyl adjacent to an activating group) is 1. The Morgan fingerprint density at radius 2 is 1.89 bits per heavy atom. The average Bonchev–Trinajstić information content (AvgIpc) is 2.65.